The number of urea groups is 1. The van der Waals surface area contributed by atoms with Gasteiger partial charge in [0.15, 0.2) is 0 Å². The molecule has 0 bridgehead atoms. The summed E-state index contributed by atoms with van der Waals surface area (Å²) in [4.78, 5) is 21.9. The van der Waals surface area contributed by atoms with Gasteiger partial charge in [0, 0.05) is 10.7 Å². The minimum absolute atomic E-state index is 0.0860. The number of hydrogen-bond donors (Lipinski definition) is 3. The summed E-state index contributed by atoms with van der Waals surface area (Å²) in [5, 5.41) is 4.03. The van der Waals surface area contributed by atoms with Crippen LogP contribution in [0.25, 0.3) is 0 Å². The Kier molecular flexibility index (Phi) is 4.83. The van der Waals surface area contributed by atoms with Crippen molar-refractivity contribution < 1.29 is 22.8 Å². The summed E-state index contributed by atoms with van der Waals surface area (Å²) in [6.07, 6.45) is -4.63. The van der Waals surface area contributed by atoms with E-state index in [-0.39, 0.29) is 10.7 Å². The summed E-state index contributed by atoms with van der Waals surface area (Å²) in [6.45, 7) is 1.28. The van der Waals surface area contributed by atoms with Crippen molar-refractivity contribution in [2.45, 2.75) is 19.1 Å². The Balaban J connectivity index is 2.98. The van der Waals surface area contributed by atoms with E-state index in [4.69, 9.17) is 17.3 Å². The Bertz CT molecular complexity index is 534. The van der Waals surface area contributed by atoms with Crippen molar-refractivity contribution in [1.29, 1.82) is 0 Å². The van der Waals surface area contributed by atoms with Crippen LogP contribution in [0, 0.1) is 0 Å². The summed E-state index contributed by atoms with van der Waals surface area (Å²) in [6, 6.07) is 0.903. The molecule has 0 saturated heterocycles. The first-order chi connectivity index (χ1) is 9.11. The molecule has 0 aliphatic heterocycles. The van der Waals surface area contributed by atoms with Crippen molar-refractivity contribution in [1.82, 2.24) is 5.32 Å². The molecule has 1 unspecified atom stereocenters. The molecule has 5 nitrogen and oxygen atoms in total. The maximum absolute atomic E-state index is 12.8. The standard InChI is InChI=1S/C11H11ClF3N3O2/c1-5(9(19)18-10(16)20)17-8-3-2-6(12)4-7(8)11(13,14)15/h2-5,17H,1H3,(H3,16,18,19,20). The highest BCUT2D eigenvalue weighted by Gasteiger charge is 2.34. The van der Waals surface area contributed by atoms with Crippen LogP contribution in [-0.2, 0) is 11.0 Å². The summed E-state index contributed by atoms with van der Waals surface area (Å²) in [7, 11) is 0. The van der Waals surface area contributed by atoms with Crippen molar-refractivity contribution in [3.05, 3.63) is 28.8 Å². The van der Waals surface area contributed by atoms with Gasteiger partial charge in [-0.2, -0.15) is 13.2 Å². The van der Waals surface area contributed by atoms with Crippen LogP contribution >= 0.6 is 11.6 Å². The van der Waals surface area contributed by atoms with Gasteiger partial charge in [-0.05, 0) is 25.1 Å². The molecule has 4 N–H and O–H groups in total. The SMILES string of the molecule is CC(Nc1ccc(Cl)cc1C(F)(F)F)C(=O)NC(N)=O. The molecular weight excluding hydrogens is 299 g/mol. The smallest absolute Gasteiger partial charge is 0.373 e. The Morgan fingerprint density at radius 3 is 2.45 bits per heavy atom. The monoisotopic (exact) mass is 309 g/mol. The molecule has 0 heterocycles. The van der Waals surface area contributed by atoms with Gasteiger partial charge in [0.2, 0.25) is 5.91 Å². The van der Waals surface area contributed by atoms with Gasteiger partial charge in [0.25, 0.3) is 0 Å². The van der Waals surface area contributed by atoms with Gasteiger partial charge in [0.1, 0.15) is 6.04 Å². The quantitative estimate of drug-likeness (QED) is 0.801. The Morgan fingerprint density at radius 1 is 1.35 bits per heavy atom. The molecule has 3 amide bonds. The van der Waals surface area contributed by atoms with E-state index in [1.807, 2.05) is 0 Å². The molecule has 0 saturated carbocycles. The third-order valence-corrected chi connectivity index (χ3v) is 2.53. The zero-order valence-corrected chi connectivity index (χ0v) is 11.0. The fraction of sp³-hybridized carbons (Fsp3) is 0.273. The number of carbonyl (C=O) groups is 2. The van der Waals surface area contributed by atoms with Crippen LogP contribution < -0.4 is 16.4 Å². The fourth-order valence-electron chi connectivity index (χ4n) is 1.41. The van der Waals surface area contributed by atoms with Crippen LogP contribution in [0.4, 0.5) is 23.7 Å². The van der Waals surface area contributed by atoms with Crippen molar-refractivity contribution in [2.24, 2.45) is 5.73 Å². The zero-order chi connectivity index (χ0) is 15.5. The summed E-state index contributed by atoms with van der Waals surface area (Å²) in [5.41, 5.74) is 3.41. The molecule has 1 atom stereocenters. The molecular formula is C11H11ClF3N3O2. The Labute approximate surface area is 117 Å². The van der Waals surface area contributed by atoms with Gasteiger partial charge < -0.3 is 11.1 Å². The number of halogens is 4. The number of primary amides is 1. The number of amides is 3. The predicted octanol–water partition coefficient (Wildman–Crippen LogP) is 2.35. The molecule has 20 heavy (non-hydrogen) atoms. The lowest BCUT2D eigenvalue weighted by atomic mass is 10.1. The Morgan fingerprint density at radius 2 is 1.95 bits per heavy atom. The normalized spacial score (nSPS) is 12.7. The van der Waals surface area contributed by atoms with Gasteiger partial charge in [-0.3, -0.25) is 10.1 Å². The van der Waals surface area contributed by atoms with Crippen molar-refractivity contribution in [3.63, 3.8) is 0 Å². The van der Waals surface area contributed by atoms with Crippen LogP contribution in [0.15, 0.2) is 18.2 Å². The first-order valence-electron chi connectivity index (χ1n) is 5.35. The second-order valence-corrected chi connectivity index (χ2v) is 4.34. The molecule has 9 heteroatoms. The van der Waals surface area contributed by atoms with E-state index in [1.54, 1.807) is 5.32 Å². The average molecular weight is 310 g/mol. The number of nitrogens with one attached hydrogen (secondary N) is 2. The Hall–Kier alpha value is -1.96. The van der Waals surface area contributed by atoms with E-state index in [9.17, 15) is 22.8 Å². The average Bonchev–Trinajstić information content (AvgIpc) is 2.29. The minimum atomic E-state index is -4.63. The topological polar surface area (TPSA) is 84.2 Å². The van der Waals surface area contributed by atoms with Gasteiger partial charge in [-0.25, -0.2) is 4.79 Å². The number of alkyl halides is 3. The number of hydrogen-bond acceptors (Lipinski definition) is 3. The molecule has 1 rings (SSSR count). The molecule has 0 aromatic heterocycles. The second-order valence-electron chi connectivity index (χ2n) is 3.91. The number of nitrogens with two attached hydrogens (primary N) is 1. The van der Waals surface area contributed by atoms with Gasteiger partial charge in [0.05, 0.1) is 5.56 Å². The van der Waals surface area contributed by atoms with Crippen LogP contribution in [0.3, 0.4) is 0 Å². The van der Waals surface area contributed by atoms with E-state index in [0.717, 1.165) is 12.1 Å². The van der Waals surface area contributed by atoms with Crippen LogP contribution in [0.5, 0.6) is 0 Å². The molecule has 0 radical (unpaired) electrons. The molecule has 0 aliphatic carbocycles. The number of rotatable bonds is 3. The molecule has 1 aromatic rings. The molecule has 0 spiro atoms. The molecule has 110 valence electrons. The predicted molar refractivity (Wildman–Crippen MR) is 67.3 cm³/mol. The number of anilines is 1. The lowest BCUT2D eigenvalue weighted by Crippen LogP contribution is -2.43. The minimum Gasteiger partial charge on any atom is -0.373 e. The maximum atomic E-state index is 12.8. The highest BCUT2D eigenvalue weighted by atomic mass is 35.5. The van der Waals surface area contributed by atoms with E-state index in [2.05, 4.69) is 5.32 Å². The second kappa shape index (κ2) is 6.00. The zero-order valence-electron chi connectivity index (χ0n) is 10.2. The van der Waals surface area contributed by atoms with Gasteiger partial charge in [-0.1, -0.05) is 11.6 Å². The lowest BCUT2D eigenvalue weighted by Gasteiger charge is -2.18. The number of benzene rings is 1. The van der Waals surface area contributed by atoms with Crippen molar-refractivity contribution in [2.75, 3.05) is 5.32 Å². The van der Waals surface area contributed by atoms with E-state index in [1.165, 1.54) is 13.0 Å². The third kappa shape index (κ3) is 4.30. The van der Waals surface area contributed by atoms with Gasteiger partial charge >= 0.3 is 12.2 Å². The first-order valence-corrected chi connectivity index (χ1v) is 5.72. The maximum Gasteiger partial charge on any atom is 0.418 e. The van der Waals surface area contributed by atoms with Crippen LogP contribution in [0.1, 0.15) is 12.5 Å². The van der Waals surface area contributed by atoms with E-state index < -0.39 is 29.7 Å². The molecule has 0 fully saturated rings. The fourth-order valence-corrected chi connectivity index (χ4v) is 1.58. The van der Waals surface area contributed by atoms with Gasteiger partial charge in [-0.15, -0.1) is 0 Å². The van der Waals surface area contributed by atoms with Crippen molar-refractivity contribution in [3.8, 4) is 0 Å². The largest absolute Gasteiger partial charge is 0.418 e. The number of carbonyl (C=O) groups excluding carboxylic acids is 2. The summed E-state index contributed by atoms with van der Waals surface area (Å²) in [5.74, 6) is -0.847. The van der Waals surface area contributed by atoms with E-state index in [0.29, 0.717) is 0 Å². The summed E-state index contributed by atoms with van der Waals surface area (Å²) >= 11 is 5.52. The third-order valence-electron chi connectivity index (χ3n) is 2.30. The molecule has 1 aromatic carbocycles. The van der Waals surface area contributed by atoms with Crippen molar-refractivity contribution >= 4 is 29.2 Å². The highest BCUT2D eigenvalue weighted by Crippen LogP contribution is 2.36. The summed E-state index contributed by atoms with van der Waals surface area (Å²) < 4.78 is 38.5. The van der Waals surface area contributed by atoms with Crippen LogP contribution in [0.2, 0.25) is 5.02 Å². The lowest BCUT2D eigenvalue weighted by molar-refractivity contribution is -0.137. The van der Waals surface area contributed by atoms with E-state index >= 15 is 0 Å². The van der Waals surface area contributed by atoms with Crippen LogP contribution in [-0.4, -0.2) is 18.0 Å². The first kappa shape index (κ1) is 16.1. The number of imide groups is 1. The molecule has 0 aliphatic rings. The highest BCUT2D eigenvalue weighted by molar-refractivity contribution is 6.30.